The van der Waals surface area contributed by atoms with Crippen LogP contribution in [0.15, 0.2) is 59.5 Å². The molecular weight excluding hydrogens is 308 g/mol. The van der Waals surface area contributed by atoms with Crippen LogP contribution in [-0.2, 0) is 10.0 Å². The van der Waals surface area contributed by atoms with E-state index in [2.05, 4.69) is 0 Å². The van der Waals surface area contributed by atoms with Crippen molar-refractivity contribution in [1.82, 2.24) is 4.31 Å². The van der Waals surface area contributed by atoms with Crippen molar-refractivity contribution in [3.8, 4) is 11.1 Å². The summed E-state index contributed by atoms with van der Waals surface area (Å²) in [5.74, 6) is 0. The van der Waals surface area contributed by atoms with Crippen molar-refractivity contribution >= 4 is 10.0 Å². The Hall–Kier alpha value is -1.69. The van der Waals surface area contributed by atoms with Crippen molar-refractivity contribution in [2.45, 2.75) is 36.7 Å². The van der Waals surface area contributed by atoms with Crippen molar-refractivity contribution in [2.24, 2.45) is 5.73 Å². The summed E-state index contributed by atoms with van der Waals surface area (Å²) in [7, 11) is -3.54. The fourth-order valence-electron chi connectivity index (χ4n) is 3.22. The predicted octanol–water partition coefficient (Wildman–Crippen LogP) is 2.85. The number of nitrogens with two attached hydrogens (primary N) is 1. The van der Waals surface area contributed by atoms with Gasteiger partial charge in [-0.2, -0.15) is 4.31 Å². The normalized spacial score (nSPS) is 22.9. The second kappa shape index (κ2) is 6.43. The molecule has 1 fully saturated rings. The highest BCUT2D eigenvalue weighted by Crippen LogP contribution is 2.32. The molecule has 0 amide bonds. The van der Waals surface area contributed by atoms with Crippen LogP contribution in [0.3, 0.4) is 0 Å². The van der Waals surface area contributed by atoms with Gasteiger partial charge in [0.05, 0.1) is 4.90 Å². The van der Waals surface area contributed by atoms with E-state index in [-0.39, 0.29) is 12.1 Å². The maximum atomic E-state index is 13.2. The van der Waals surface area contributed by atoms with Crippen LogP contribution in [-0.4, -0.2) is 31.4 Å². The molecule has 4 nitrogen and oxygen atoms in total. The van der Waals surface area contributed by atoms with E-state index in [1.165, 1.54) is 0 Å². The van der Waals surface area contributed by atoms with Crippen LogP contribution < -0.4 is 5.73 Å². The molecule has 1 aliphatic rings. The van der Waals surface area contributed by atoms with E-state index in [4.69, 9.17) is 5.73 Å². The predicted molar refractivity (Wildman–Crippen MR) is 92.4 cm³/mol. The SMILES string of the molecule is C[C@H]1C[C@@H](N)CCN1S(=O)(=O)c1ccccc1-c1ccccc1. The van der Waals surface area contributed by atoms with E-state index < -0.39 is 10.0 Å². The third-order valence-electron chi connectivity index (χ3n) is 4.41. The molecule has 0 aromatic heterocycles. The highest BCUT2D eigenvalue weighted by molar-refractivity contribution is 7.89. The Morgan fingerprint density at radius 1 is 1.04 bits per heavy atom. The summed E-state index contributed by atoms with van der Waals surface area (Å²) in [6.45, 7) is 2.41. The van der Waals surface area contributed by atoms with Crippen molar-refractivity contribution in [3.05, 3.63) is 54.6 Å². The maximum Gasteiger partial charge on any atom is 0.243 e. The van der Waals surface area contributed by atoms with Crippen molar-refractivity contribution < 1.29 is 8.42 Å². The quantitative estimate of drug-likeness (QED) is 0.941. The lowest BCUT2D eigenvalue weighted by Crippen LogP contribution is -2.48. The third kappa shape index (κ3) is 3.17. The molecule has 2 atom stereocenters. The molecule has 0 unspecified atom stereocenters. The average Bonchev–Trinajstić information content (AvgIpc) is 2.55. The highest BCUT2D eigenvalue weighted by Gasteiger charge is 2.34. The Balaban J connectivity index is 2.05. The van der Waals surface area contributed by atoms with E-state index in [9.17, 15) is 8.42 Å². The van der Waals surface area contributed by atoms with Gasteiger partial charge in [-0.25, -0.2) is 8.42 Å². The van der Waals surface area contributed by atoms with Gasteiger partial charge in [0.15, 0.2) is 0 Å². The van der Waals surface area contributed by atoms with E-state index in [0.29, 0.717) is 24.3 Å². The third-order valence-corrected chi connectivity index (χ3v) is 6.49. The molecule has 2 N–H and O–H groups in total. The first kappa shape index (κ1) is 16.2. The molecule has 122 valence electrons. The summed E-state index contributed by atoms with van der Waals surface area (Å²) in [5, 5.41) is 0. The second-order valence-corrected chi connectivity index (χ2v) is 7.97. The van der Waals surface area contributed by atoms with Crippen LogP contribution in [0.4, 0.5) is 0 Å². The van der Waals surface area contributed by atoms with E-state index in [1.807, 2.05) is 49.4 Å². The number of hydrogen-bond donors (Lipinski definition) is 1. The molecule has 1 aliphatic heterocycles. The Bertz CT molecular complexity index is 775. The summed E-state index contributed by atoms with van der Waals surface area (Å²) in [4.78, 5) is 0.369. The van der Waals surface area contributed by atoms with Gasteiger partial charge in [0.25, 0.3) is 0 Å². The number of piperidine rings is 1. The molecular formula is C18H22N2O2S. The van der Waals surface area contributed by atoms with Gasteiger partial charge >= 0.3 is 0 Å². The summed E-state index contributed by atoms with van der Waals surface area (Å²) >= 11 is 0. The molecule has 5 heteroatoms. The molecule has 23 heavy (non-hydrogen) atoms. The van der Waals surface area contributed by atoms with E-state index in [0.717, 1.165) is 11.1 Å². The molecule has 0 bridgehead atoms. The van der Waals surface area contributed by atoms with Crippen molar-refractivity contribution in [2.75, 3.05) is 6.54 Å². The Morgan fingerprint density at radius 3 is 2.39 bits per heavy atom. The first-order valence-corrected chi connectivity index (χ1v) is 9.36. The lowest BCUT2D eigenvalue weighted by atomic mass is 10.0. The number of benzene rings is 2. The van der Waals surface area contributed by atoms with Gasteiger partial charge in [-0.3, -0.25) is 0 Å². The van der Waals surface area contributed by atoms with Gasteiger partial charge in [0.2, 0.25) is 10.0 Å². The molecule has 3 rings (SSSR count). The molecule has 1 saturated heterocycles. The maximum absolute atomic E-state index is 13.2. The molecule has 2 aromatic rings. The number of rotatable bonds is 3. The zero-order valence-corrected chi connectivity index (χ0v) is 14.0. The molecule has 1 heterocycles. The Kier molecular flexibility index (Phi) is 4.53. The Morgan fingerprint density at radius 2 is 1.70 bits per heavy atom. The van der Waals surface area contributed by atoms with Crippen LogP contribution in [0.25, 0.3) is 11.1 Å². The summed E-state index contributed by atoms with van der Waals surface area (Å²) in [6, 6.07) is 16.8. The fourth-order valence-corrected chi connectivity index (χ4v) is 5.09. The van der Waals surface area contributed by atoms with Crippen molar-refractivity contribution in [1.29, 1.82) is 0 Å². The summed E-state index contributed by atoms with van der Waals surface area (Å²) < 4.78 is 28.0. The Labute approximate surface area is 138 Å². The zero-order valence-electron chi connectivity index (χ0n) is 13.2. The van der Waals surface area contributed by atoms with Gasteiger partial charge in [-0.1, -0.05) is 48.5 Å². The van der Waals surface area contributed by atoms with Crippen molar-refractivity contribution in [3.63, 3.8) is 0 Å². The minimum atomic E-state index is -3.54. The topological polar surface area (TPSA) is 63.4 Å². The lowest BCUT2D eigenvalue weighted by molar-refractivity contribution is 0.247. The van der Waals surface area contributed by atoms with Gasteiger partial charge in [0, 0.05) is 24.2 Å². The van der Waals surface area contributed by atoms with Crippen LogP contribution in [0, 0.1) is 0 Å². The second-order valence-electron chi connectivity index (χ2n) is 6.11. The lowest BCUT2D eigenvalue weighted by Gasteiger charge is -2.35. The molecule has 0 spiro atoms. The van der Waals surface area contributed by atoms with Gasteiger partial charge in [-0.05, 0) is 31.4 Å². The minimum Gasteiger partial charge on any atom is -0.328 e. The first-order valence-electron chi connectivity index (χ1n) is 7.92. The largest absolute Gasteiger partial charge is 0.328 e. The fraction of sp³-hybridized carbons (Fsp3) is 0.333. The average molecular weight is 330 g/mol. The van der Waals surface area contributed by atoms with Gasteiger partial charge in [-0.15, -0.1) is 0 Å². The zero-order chi connectivity index (χ0) is 16.4. The smallest absolute Gasteiger partial charge is 0.243 e. The van der Waals surface area contributed by atoms with E-state index >= 15 is 0 Å². The molecule has 2 aromatic carbocycles. The summed E-state index contributed by atoms with van der Waals surface area (Å²) in [6.07, 6.45) is 1.41. The van der Waals surface area contributed by atoms with Crippen LogP contribution in [0.2, 0.25) is 0 Å². The van der Waals surface area contributed by atoms with Crippen LogP contribution >= 0.6 is 0 Å². The molecule has 0 radical (unpaired) electrons. The number of hydrogen-bond acceptors (Lipinski definition) is 3. The first-order chi connectivity index (χ1) is 11.0. The minimum absolute atomic E-state index is 0.0763. The van der Waals surface area contributed by atoms with Gasteiger partial charge in [0.1, 0.15) is 0 Å². The standard InChI is InChI=1S/C18H22N2O2S/c1-14-13-16(19)11-12-20(14)23(21,22)18-10-6-5-9-17(18)15-7-3-2-4-8-15/h2-10,14,16H,11-13,19H2,1H3/t14-,16-/m0/s1. The monoisotopic (exact) mass is 330 g/mol. The van der Waals surface area contributed by atoms with Crippen LogP contribution in [0.1, 0.15) is 19.8 Å². The highest BCUT2D eigenvalue weighted by atomic mass is 32.2. The van der Waals surface area contributed by atoms with Crippen LogP contribution in [0.5, 0.6) is 0 Å². The number of nitrogens with zero attached hydrogens (tertiary/aromatic N) is 1. The molecule has 0 aliphatic carbocycles. The van der Waals surface area contributed by atoms with Gasteiger partial charge < -0.3 is 5.73 Å². The molecule has 0 saturated carbocycles. The number of sulfonamides is 1. The van der Waals surface area contributed by atoms with E-state index in [1.54, 1.807) is 16.4 Å². The summed E-state index contributed by atoms with van der Waals surface area (Å²) in [5.41, 5.74) is 7.62.